The Morgan fingerprint density at radius 3 is 2.86 bits per heavy atom. The molecule has 4 heterocycles. The van der Waals surface area contributed by atoms with Crippen LogP contribution in [0.15, 0.2) is 30.5 Å². The summed E-state index contributed by atoms with van der Waals surface area (Å²) in [6.07, 6.45) is 2.53. The van der Waals surface area contributed by atoms with Crippen LogP contribution in [-0.4, -0.2) is 56.7 Å². The third-order valence-corrected chi connectivity index (χ3v) is 6.29. The highest BCUT2D eigenvalue weighted by Crippen LogP contribution is 2.35. The van der Waals surface area contributed by atoms with Gasteiger partial charge in [0.2, 0.25) is 5.95 Å². The number of benzene rings is 1. The van der Waals surface area contributed by atoms with Crippen LogP contribution >= 0.6 is 11.3 Å². The van der Waals surface area contributed by atoms with Crippen molar-refractivity contribution in [1.82, 2.24) is 30.7 Å². The minimum atomic E-state index is -0.614. The summed E-state index contributed by atoms with van der Waals surface area (Å²) in [5, 5.41) is 29.2. The van der Waals surface area contributed by atoms with E-state index in [0.717, 1.165) is 29.3 Å². The number of thiazole rings is 1. The molecule has 0 saturated carbocycles. The summed E-state index contributed by atoms with van der Waals surface area (Å²) < 4.78 is 14.6. The maximum absolute atomic E-state index is 13.7. The predicted octanol–water partition coefficient (Wildman–Crippen LogP) is 2.79. The second-order valence-corrected chi connectivity index (χ2v) is 8.00. The Morgan fingerprint density at radius 1 is 1.24 bits per heavy atom. The first-order valence-corrected chi connectivity index (χ1v) is 10.0. The highest BCUT2D eigenvalue weighted by molar-refractivity contribution is 7.22. The number of phenols is 1. The number of hydrogen-bond donors (Lipinski definition) is 3. The minimum absolute atomic E-state index is 0.00404. The van der Waals surface area contributed by atoms with Crippen LogP contribution in [0.3, 0.4) is 0 Å². The molecule has 1 aromatic carbocycles. The van der Waals surface area contributed by atoms with Crippen LogP contribution in [0, 0.1) is 5.95 Å². The summed E-state index contributed by atoms with van der Waals surface area (Å²) in [4.78, 5) is 6.78. The standard InChI is InChI=1S/C19H18FN7OS/c1-27(11-4-5-21-8-11)19-23-18-16(29-19)7-14(24-26-18)12-3-2-10(6-15(12)28)13-9-22-25-17(13)20/h2-3,6-7,9,11,21,28H,4-5,8H2,1H3,(H,22,25). The molecule has 10 heteroatoms. The molecule has 29 heavy (non-hydrogen) atoms. The van der Waals surface area contributed by atoms with Crippen LogP contribution in [0.2, 0.25) is 0 Å². The van der Waals surface area contributed by atoms with Crippen molar-refractivity contribution in [2.75, 3.05) is 25.0 Å². The molecule has 3 N–H and O–H groups in total. The van der Waals surface area contributed by atoms with Gasteiger partial charge in [-0.15, -0.1) is 15.3 Å². The second-order valence-electron chi connectivity index (χ2n) is 6.99. The van der Waals surface area contributed by atoms with E-state index in [1.807, 2.05) is 13.1 Å². The Labute approximate surface area is 169 Å². The Morgan fingerprint density at radius 2 is 2.14 bits per heavy atom. The maximum Gasteiger partial charge on any atom is 0.240 e. The van der Waals surface area contributed by atoms with Gasteiger partial charge in [-0.3, -0.25) is 5.10 Å². The fourth-order valence-corrected chi connectivity index (χ4v) is 4.50. The van der Waals surface area contributed by atoms with Crippen LogP contribution in [-0.2, 0) is 0 Å². The first kappa shape index (κ1) is 18.0. The number of H-pyrrole nitrogens is 1. The normalized spacial score (nSPS) is 16.6. The average Bonchev–Trinajstić information content (AvgIpc) is 3.47. The maximum atomic E-state index is 13.7. The lowest BCUT2D eigenvalue weighted by atomic mass is 10.0. The fraction of sp³-hybridized carbons (Fsp3) is 0.263. The SMILES string of the molecule is CN(c1nc2nnc(-c3ccc(-c4c[nH]nc4F)cc3O)cc2s1)C1CCNC1. The second kappa shape index (κ2) is 7.05. The van der Waals surface area contributed by atoms with E-state index in [1.165, 1.54) is 12.3 Å². The van der Waals surface area contributed by atoms with Crippen molar-refractivity contribution in [3.05, 3.63) is 36.4 Å². The number of likely N-dealkylation sites (N-methyl/N-ethyl adjacent to an activating group) is 1. The van der Waals surface area contributed by atoms with Crippen molar-refractivity contribution in [3.8, 4) is 28.1 Å². The Kier molecular flexibility index (Phi) is 4.36. The quantitative estimate of drug-likeness (QED) is 0.474. The summed E-state index contributed by atoms with van der Waals surface area (Å²) in [6.45, 7) is 1.96. The van der Waals surface area contributed by atoms with Gasteiger partial charge in [-0.1, -0.05) is 17.4 Å². The number of fused-ring (bicyclic) bond motifs is 1. The molecule has 1 fully saturated rings. The molecular weight excluding hydrogens is 393 g/mol. The number of aromatic amines is 1. The summed E-state index contributed by atoms with van der Waals surface area (Å²) >= 11 is 1.55. The molecule has 8 nitrogen and oxygen atoms in total. The van der Waals surface area contributed by atoms with Crippen LogP contribution in [0.25, 0.3) is 32.7 Å². The lowest BCUT2D eigenvalue weighted by molar-refractivity contribution is 0.477. The third kappa shape index (κ3) is 3.19. The summed E-state index contributed by atoms with van der Waals surface area (Å²) in [5.74, 6) is -0.618. The highest BCUT2D eigenvalue weighted by Gasteiger charge is 2.22. The molecule has 4 aromatic rings. The zero-order chi connectivity index (χ0) is 20.0. The molecule has 0 radical (unpaired) electrons. The van der Waals surface area contributed by atoms with Crippen LogP contribution in [0.5, 0.6) is 5.75 Å². The zero-order valence-corrected chi connectivity index (χ0v) is 16.4. The number of phenolic OH excluding ortho intramolecular Hbond substituents is 1. The molecule has 1 aliphatic rings. The monoisotopic (exact) mass is 411 g/mol. The number of aromatic nitrogens is 5. The van der Waals surface area contributed by atoms with Crippen molar-refractivity contribution in [1.29, 1.82) is 0 Å². The van der Waals surface area contributed by atoms with E-state index in [-0.39, 0.29) is 5.75 Å². The largest absolute Gasteiger partial charge is 0.507 e. The first-order chi connectivity index (χ1) is 14.1. The Hall–Kier alpha value is -3.11. The first-order valence-electron chi connectivity index (χ1n) is 9.21. The molecule has 1 saturated heterocycles. The minimum Gasteiger partial charge on any atom is -0.507 e. The van der Waals surface area contributed by atoms with E-state index < -0.39 is 5.95 Å². The summed E-state index contributed by atoms with van der Waals surface area (Å²) in [5.41, 5.74) is 2.47. The van der Waals surface area contributed by atoms with Gasteiger partial charge in [0, 0.05) is 31.4 Å². The Balaban J connectivity index is 1.48. The van der Waals surface area contributed by atoms with Crippen molar-refractivity contribution in [2.45, 2.75) is 12.5 Å². The van der Waals surface area contributed by atoms with Crippen LogP contribution < -0.4 is 10.2 Å². The lowest BCUT2D eigenvalue weighted by Crippen LogP contribution is -2.33. The van der Waals surface area contributed by atoms with E-state index in [2.05, 4.69) is 35.6 Å². The van der Waals surface area contributed by atoms with Gasteiger partial charge in [0.15, 0.2) is 10.8 Å². The van der Waals surface area contributed by atoms with Gasteiger partial charge in [0.25, 0.3) is 0 Å². The number of nitrogens with zero attached hydrogens (tertiary/aromatic N) is 5. The fourth-order valence-electron chi connectivity index (χ4n) is 3.53. The lowest BCUT2D eigenvalue weighted by Gasteiger charge is -2.22. The molecule has 0 amide bonds. The number of aromatic hydroxyl groups is 1. The van der Waals surface area contributed by atoms with E-state index in [4.69, 9.17) is 0 Å². The predicted molar refractivity (Wildman–Crippen MR) is 110 cm³/mol. The van der Waals surface area contributed by atoms with Crippen molar-refractivity contribution in [2.24, 2.45) is 0 Å². The van der Waals surface area contributed by atoms with Gasteiger partial charge in [0.05, 0.1) is 16.0 Å². The summed E-state index contributed by atoms with van der Waals surface area (Å²) in [7, 11) is 2.04. The third-order valence-electron chi connectivity index (χ3n) is 5.21. The highest BCUT2D eigenvalue weighted by atomic mass is 32.1. The Bertz CT molecular complexity index is 1180. The summed E-state index contributed by atoms with van der Waals surface area (Å²) in [6, 6.07) is 7.20. The topological polar surface area (TPSA) is 103 Å². The number of hydrogen-bond acceptors (Lipinski definition) is 8. The van der Waals surface area contributed by atoms with E-state index in [1.54, 1.807) is 23.5 Å². The van der Waals surface area contributed by atoms with E-state index >= 15 is 0 Å². The van der Waals surface area contributed by atoms with Crippen molar-refractivity contribution < 1.29 is 9.50 Å². The van der Waals surface area contributed by atoms with Crippen LogP contribution in [0.1, 0.15) is 6.42 Å². The zero-order valence-electron chi connectivity index (χ0n) is 15.6. The molecule has 5 rings (SSSR count). The van der Waals surface area contributed by atoms with Gasteiger partial charge in [-0.05, 0) is 36.7 Å². The number of halogens is 1. The van der Waals surface area contributed by atoms with Crippen molar-refractivity contribution in [3.63, 3.8) is 0 Å². The molecular formula is C19H18FN7OS. The molecule has 1 aliphatic heterocycles. The van der Waals surface area contributed by atoms with E-state index in [0.29, 0.717) is 34.1 Å². The molecule has 0 bridgehead atoms. The van der Waals surface area contributed by atoms with Gasteiger partial charge >= 0.3 is 0 Å². The molecule has 1 unspecified atom stereocenters. The molecule has 0 spiro atoms. The molecule has 0 aliphatic carbocycles. The average molecular weight is 411 g/mol. The number of anilines is 1. The molecule has 1 atom stereocenters. The van der Waals surface area contributed by atoms with Gasteiger partial charge in [0.1, 0.15) is 5.75 Å². The number of rotatable bonds is 4. The van der Waals surface area contributed by atoms with E-state index in [9.17, 15) is 9.50 Å². The molecule has 148 valence electrons. The number of nitrogens with one attached hydrogen (secondary N) is 2. The van der Waals surface area contributed by atoms with Crippen molar-refractivity contribution >= 4 is 26.8 Å². The molecule has 3 aromatic heterocycles. The van der Waals surface area contributed by atoms with Crippen LogP contribution in [0.4, 0.5) is 9.52 Å². The van der Waals surface area contributed by atoms with Gasteiger partial charge < -0.3 is 15.3 Å². The van der Waals surface area contributed by atoms with Gasteiger partial charge in [-0.2, -0.15) is 9.37 Å². The smallest absolute Gasteiger partial charge is 0.240 e. The van der Waals surface area contributed by atoms with Gasteiger partial charge in [-0.25, -0.2) is 0 Å².